The summed E-state index contributed by atoms with van der Waals surface area (Å²) < 4.78 is 18.4. The van der Waals surface area contributed by atoms with Crippen molar-refractivity contribution in [2.24, 2.45) is 5.92 Å². The molecule has 0 spiro atoms. The molecule has 0 amide bonds. The summed E-state index contributed by atoms with van der Waals surface area (Å²) in [4.78, 5) is 0.211. The van der Waals surface area contributed by atoms with Crippen molar-refractivity contribution in [1.82, 2.24) is 0 Å². The van der Waals surface area contributed by atoms with Crippen LogP contribution >= 0.6 is 15.9 Å². The second-order valence-electron chi connectivity index (χ2n) is 4.11. The monoisotopic (exact) mass is 288 g/mol. The van der Waals surface area contributed by atoms with E-state index in [9.17, 15) is 4.39 Å². The first-order valence-corrected chi connectivity index (χ1v) is 6.47. The Balaban J connectivity index is 2.76. The van der Waals surface area contributed by atoms with Crippen LogP contribution in [0.1, 0.15) is 37.1 Å². The summed E-state index contributed by atoms with van der Waals surface area (Å²) >= 11 is 3.60. The van der Waals surface area contributed by atoms with Crippen molar-refractivity contribution in [2.75, 3.05) is 7.11 Å². The van der Waals surface area contributed by atoms with Crippen LogP contribution in [0.15, 0.2) is 18.2 Å². The van der Waals surface area contributed by atoms with Gasteiger partial charge in [0.15, 0.2) is 11.6 Å². The highest BCUT2D eigenvalue weighted by Crippen LogP contribution is 2.32. The Bertz CT molecular complexity index is 341. The van der Waals surface area contributed by atoms with Gasteiger partial charge in [0, 0.05) is 4.83 Å². The topological polar surface area (TPSA) is 9.23 Å². The van der Waals surface area contributed by atoms with Crippen LogP contribution in [-0.2, 0) is 0 Å². The highest BCUT2D eigenvalue weighted by molar-refractivity contribution is 9.09. The zero-order valence-electron chi connectivity index (χ0n) is 9.97. The molecule has 16 heavy (non-hydrogen) atoms. The molecule has 1 aromatic rings. The minimum atomic E-state index is -0.298. The van der Waals surface area contributed by atoms with Crippen LogP contribution in [-0.4, -0.2) is 7.11 Å². The maximum absolute atomic E-state index is 13.5. The Labute approximate surface area is 105 Å². The number of halogens is 2. The quantitative estimate of drug-likeness (QED) is 0.713. The molecule has 2 unspecified atom stereocenters. The van der Waals surface area contributed by atoms with Crippen LogP contribution in [0.5, 0.6) is 5.75 Å². The highest BCUT2D eigenvalue weighted by atomic mass is 79.9. The zero-order valence-corrected chi connectivity index (χ0v) is 11.6. The third-order valence-corrected chi connectivity index (χ3v) is 3.75. The molecule has 0 saturated heterocycles. The lowest BCUT2D eigenvalue weighted by molar-refractivity contribution is 0.386. The van der Waals surface area contributed by atoms with E-state index in [1.165, 1.54) is 7.11 Å². The fourth-order valence-electron chi connectivity index (χ4n) is 1.53. The van der Waals surface area contributed by atoms with Gasteiger partial charge in [0.1, 0.15) is 0 Å². The Morgan fingerprint density at radius 1 is 1.44 bits per heavy atom. The highest BCUT2D eigenvalue weighted by Gasteiger charge is 2.13. The molecular formula is C13H18BrFO. The smallest absolute Gasteiger partial charge is 0.165 e. The molecule has 0 heterocycles. The number of hydrogen-bond acceptors (Lipinski definition) is 1. The van der Waals surface area contributed by atoms with Crippen molar-refractivity contribution < 1.29 is 9.13 Å². The summed E-state index contributed by atoms with van der Waals surface area (Å²) in [5.74, 6) is 0.634. The molecule has 0 aliphatic rings. The van der Waals surface area contributed by atoms with Crippen molar-refractivity contribution >= 4 is 15.9 Å². The van der Waals surface area contributed by atoms with Crippen molar-refractivity contribution in [2.45, 2.75) is 31.5 Å². The molecule has 90 valence electrons. The summed E-state index contributed by atoms with van der Waals surface area (Å²) in [5.41, 5.74) is 0.971. The lowest BCUT2D eigenvalue weighted by Crippen LogP contribution is -1.99. The number of rotatable bonds is 5. The van der Waals surface area contributed by atoms with E-state index in [2.05, 4.69) is 29.8 Å². The predicted octanol–water partition coefficient (Wildman–Crippen LogP) is 4.71. The van der Waals surface area contributed by atoms with Gasteiger partial charge >= 0.3 is 0 Å². The minimum Gasteiger partial charge on any atom is -0.494 e. The maximum atomic E-state index is 13.5. The number of ether oxygens (including phenoxy) is 1. The van der Waals surface area contributed by atoms with Crippen LogP contribution in [0.2, 0.25) is 0 Å². The first-order valence-electron chi connectivity index (χ1n) is 5.56. The molecule has 0 aromatic heterocycles. The van der Waals surface area contributed by atoms with Crippen LogP contribution < -0.4 is 4.74 Å². The van der Waals surface area contributed by atoms with Gasteiger partial charge < -0.3 is 4.74 Å². The van der Waals surface area contributed by atoms with Gasteiger partial charge in [-0.15, -0.1) is 0 Å². The molecule has 0 N–H and O–H groups in total. The van der Waals surface area contributed by atoms with Gasteiger partial charge in [-0.1, -0.05) is 42.3 Å². The molecule has 0 bridgehead atoms. The number of hydrogen-bond donors (Lipinski definition) is 0. The summed E-state index contributed by atoms with van der Waals surface area (Å²) in [6, 6.07) is 5.12. The molecule has 0 fully saturated rings. The van der Waals surface area contributed by atoms with E-state index in [-0.39, 0.29) is 10.6 Å². The summed E-state index contributed by atoms with van der Waals surface area (Å²) in [6.45, 7) is 4.37. The second-order valence-corrected chi connectivity index (χ2v) is 5.22. The maximum Gasteiger partial charge on any atom is 0.165 e. The Morgan fingerprint density at radius 3 is 2.62 bits per heavy atom. The lowest BCUT2D eigenvalue weighted by atomic mass is 9.99. The minimum absolute atomic E-state index is 0.211. The fraction of sp³-hybridized carbons (Fsp3) is 0.538. The Kier molecular flexibility index (Phi) is 5.26. The summed E-state index contributed by atoms with van der Waals surface area (Å²) in [6.07, 6.45) is 2.16. The van der Waals surface area contributed by atoms with E-state index >= 15 is 0 Å². The van der Waals surface area contributed by atoms with Gasteiger partial charge in [0.2, 0.25) is 0 Å². The van der Waals surface area contributed by atoms with E-state index in [0.29, 0.717) is 11.7 Å². The molecule has 1 rings (SSSR count). The van der Waals surface area contributed by atoms with Gasteiger partial charge in [-0.3, -0.25) is 0 Å². The normalized spacial score (nSPS) is 14.6. The largest absolute Gasteiger partial charge is 0.494 e. The third-order valence-electron chi connectivity index (χ3n) is 2.84. The fourth-order valence-corrected chi connectivity index (χ4v) is 2.46. The summed E-state index contributed by atoms with van der Waals surface area (Å²) in [5, 5.41) is 0. The average Bonchev–Trinajstić information content (AvgIpc) is 2.28. The van der Waals surface area contributed by atoms with Gasteiger partial charge in [-0.2, -0.15) is 0 Å². The van der Waals surface area contributed by atoms with E-state index in [1.54, 1.807) is 12.1 Å². The standard InChI is InChI=1S/C13H18BrFO/c1-4-9(2)7-11(14)10-5-6-13(16-3)12(15)8-10/h5-6,8-9,11H,4,7H2,1-3H3. The second kappa shape index (κ2) is 6.24. The van der Waals surface area contributed by atoms with E-state index < -0.39 is 0 Å². The Hall–Kier alpha value is -0.570. The van der Waals surface area contributed by atoms with Crippen molar-refractivity contribution in [3.63, 3.8) is 0 Å². The molecule has 0 aliphatic carbocycles. The molecule has 3 heteroatoms. The zero-order chi connectivity index (χ0) is 12.1. The first-order chi connectivity index (χ1) is 7.58. The van der Waals surface area contributed by atoms with Crippen LogP contribution in [0.3, 0.4) is 0 Å². The number of alkyl halides is 1. The summed E-state index contributed by atoms with van der Waals surface area (Å²) in [7, 11) is 1.48. The van der Waals surface area contributed by atoms with Crippen molar-refractivity contribution in [3.8, 4) is 5.75 Å². The molecular weight excluding hydrogens is 271 g/mol. The van der Waals surface area contributed by atoms with Crippen molar-refractivity contribution in [1.29, 1.82) is 0 Å². The van der Waals surface area contributed by atoms with Gasteiger partial charge in [0.25, 0.3) is 0 Å². The van der Waals surface area contributed by atoms with Crippen molar-refractivity contribution in [3.05, 3.63) is 29.6 Å². The third kappa shape index (κ3) is 3.48. The van der Waals surface area contributed by atoms with Gasteiger partial charge in [-0.05, 0) is 30.0 Å². The first kappa shape index (κ1) is 13.5. The van der Waals surface area contributed by atoms with Crippen LogP contribution in [0.4, 0.5) is 4.39 Å². The van der Waals surface area contributed by atoms with Gasteiger partial charge in [-0.25, -0.2) is 4.39 Å². The Morgan fingerprint density at radius 2 is 2.12 bits per heavy atom. The SMILES string of the molecule is CCC(C)CC(Br)c1ccc(OC)c(F)c1. The van der Waals surface area contributed by atoms with E-state index in [4.69, 9.17) is 4.74 Å². The molecule has 0 aliphatic heterocycles. The number of benzene rings is 1. The van der Waals surface area contributed by atoms with Crippen LogP contribution in [0, 0.1) is 11.7 Å². The van der Waals surface area contributed by atoms with E-state index in [1.807, 2.05) is 6.07 Å². The molecule has 0 radical (unpaired) electrons. The lowest BCUT2D eigenvalue weighted by Gasteiger charge is -2.15. The molecule has 1 nitrogen and oxygen atoms in total. The van der Waals surface area contributed by atoms with E-state index in [0.717, 1.165) is 18.4 Å². The average molecular weight is 289 g/mol. The predicted molar refractivity (Wildman–Crippen MR) is 68.7 cm³/mol. The molecule has 2 atom stereocenters. The number of methoxy groups -OCH3 is 1. The molecule has 1 aromatic carbocycles. The van der Waals surface area contributed by atoms with Crippen LogP contribution in [0.25, 0.3) is 0 Å². The molecule has 0 saturated carbocycles. The van der Waals surface area contributed by atoms with Gasteiger partial charge in [0.05, 0.1) is 7.11 Å².